The average molecular weight is 264 g/mol. The van der Waals surface area contributed by atoms with Gasteiger partial charge in [-0.1, -0.05) is 0 Å². The molecule has 0 radical (unpaired) electrons. The maximum Gasteiger partial charge on any atom is 0.317 e. The predicted octanol–water partition coefficient (Wildman–Crippen LogP) is 0.912. The Labute approximate surface area is 111 Å². The van der Waals surface area contributed by atoms with Crippen molar-refractivity contribution < 1.29 is 19.1 Å². The van der Waals surface area contributed by atoms with Crippen LogP contribution >= 0.6 is 0 Å². The molecule has 19 heavy (non-hydrogen) atoms. The van der Waals surface area contributed by atoms with Crippen molar-refractivity contribution in [3.63, 3.8) is 0 Å². The highest BCUT2D eigenvalue weighted by atomic mass is 16.5. The van der Waals surface area contributed by atoms with E-state index in [0.717, 1.165) is 6.29 Å². The van der Waals surface area contributed by atoms with Gasteiger partial charge >= 0.3 is 6.03 Å². The summed E-state index contributed by atoms with van der Waals surface area (Å²) in [6, 6.07) is 4.89. The largest absolute Gasteiger partial charge is 0.493 e. The molecular weight excluding hydrogens is 248 g/mol. The molecule has 1 aromatic rings. The standard InChI is InChI=1S/C13H16N2O4/c1-18-11-3-2-10(9-16)8-12(11)19-7-6-15-5-4-14-13(15)17/h2-3,8-9H,4-7H2,1H3,(H,14,17). The van der Waals surface area contributed by atoms with Gasteiger partial charge in [0, 0.05) is 18.7 Å². The molecule has 6 nitrogen and oxygen atoms in total. The molecule has 1 aromatic carbocycles. The number of nitrogens with one attached hydrogen (secondary N) is 1. The Morgan fingerprint density at radius 1 is 1.42 bits per heavy atom. The lowest BCUT2D eigenvalue weighted by Crippen LogP contribution is -2.31. The zero-order valence-electron chi connectivity index (χ0n) is 10.7. The molecule has 1 fully saturated rings. The monoisotopic (exact) mass is 264 g/mol. The molecule has 1 aliphatic rings. The van der Waals surface area contributed by atoms with Gasteiger partial charge in [-0.15, -0.1) is 0 Å². The van der Waals surface area contributed by atoms with Crippen molar-refractivity contribution in [3.05, 3.63) is 23.8 Å². The van der Waals surface area contributed by atoms with Crippen LogP contribution in [-0.4, -0.2) is 50.6 Å². The van der Waals surface area contributed by atoms with Crippen LogP contribution < -0.4 is 14.8 Å². The van der Waals surface area contributed by atoms with Gasteiger partial charge in [-0.25, -0.2) is 4.79 Å². The van der Waals surface area contributed by atoms with Crippen LogP contribution in [0.1, 0.15) is 10.4 Å². The van der Waals surface area contributed by atoms with Crippen molar-refractivity contribution in [1.29, 1.82) is 0 Å². The first-order chi connectivity index (χ1) is 9.24. The molecule has 0 aliphatic carbocycles. The number of hydrogen-bond acceptors (Lipinski definition) is 4. The topological polar surface area (TPSA) is 67.9 Å². The van der Waals surface area contributed by atoms with Gasteiger partial charge in [0.25, 0.3) is 0 Å². The molecule has 1 aliphatic heterocycles. The normalized spacial score (nSPS) is 14.2. The number of ether oxygens (including phenoxy) is 2. The Hall–Kier alpha value is -2.24. The molecule has 6 heteroatoms. The summed E-state index contributed by atoms with van der Waals surface area (Å²) in [5.41, 5.74) is 0.523. The number of hydrogen-bond donors (Lipinski definition) is 1. The fourth-order valence-electron chi connectivity index (χ4n) is 1.87. The highest BCUT2D eigenvalue weighted by Crippen LogP contribution is 2.27. The number of rotatable bonds is 6. The van der Waals surface area contributed by atoms with Gasteiger partial charge in [0.05, 0.1) is 13.7 Å². The average Bonchev–Trinajstić information content (AvgIpc) is 2.84. The summed E-state index contributed by atoms with van der Waals surface area (Å²) in [4.78, 5) is 23.7. The minimum atomic E-state index is -0.0720. The molecule has 0 saturated carbocycles. The fourth-order valence-corrected chi connectivity index (χ4v) is 1.87. The summed E-state index contributed by atoms with van der Waals surface area (Å²) in [6.07, 6.45) is 0.750. The first kappa shape index (κ1) is 13.2. The second-order valence-corrected chi connectivity index (χ2v) is 4.10. The van der Waals surface area contributed by atoms with Crippen molar-refractivity contribution in [2.75, 3.05) is 33.4 Å². The molecule has 102 valence electrons. The lowest BCUT2D eigenvalue weighted by atomic mass is 10.2. The van der Waals surface area contributed by atoms with Crippen LogP contribution in [0.2, 0.25) is 0 Å². The third-order valence-electron chi connectivity index (χ3n) is 2.89. The second kappa shape index (κ2) is 6.08. The molecule has 1 saturated heterocycles. The summed E-state index contributed by atoms with van der Waals surface area (Å²) >= 11 is 0. The Bertz CT molecular complexity index is 476. The maximum atomic E-state index is 11.3. The van der Waals surface area contributed by atoms with E-state index in [1.165, 1.54) is 7.11 Å². The zero-order chi connectivity index (χ0) is 13.7. The van der Waals surface area contributed by atoms with E-state index in [4.69, 9.17) is 9.47 Å². The van der Waals surface area contributed by atoms with Crippen LogP contribution in [-0.2, 0) is 0 Å². The van der Waals surface area contributed by atoms with E-state index in [0.29, 0.717) is 43.3 Å². The van der Waals surface area contributed by atoms with E-state index < -0.39 is 0 Å². The lowest BCUT2D eigenvalue weighted by Gasteiger charge is -2.16. The van der Waals surface area contributed by atoms with E-state index in [1.807, 2.05) is 0 Å². The first-order valence-corrected chi connectivity index (χ1v) is 6.03. The van der Waals surface area contributed by atoms with Crippen LogP contribution in [0, 0.1) is 0 Å². The molecule has 0 bridgehead atoms. The van der Waals surface area contributed by atoms with Crippen LogP contribution in [0.4, 0.5) is 4.79 Å². The van der Waals surface area contributed by atoms with Crippen LogP contribution in [0.15, 0.2) is 18.2 Å². The van der Waals surface area contributed by atoms with Crippen LogP contribution in [0.3, 0.4) is 0 Å². The SMILES string of the molecule is COc1ccc(C=O)cc1OCCN1CCNC1=O. The molecular formula is C13H16N2O4. The van der Waals surface area contributed by atoms with Crippen LogP contribution in [0.25, 0.3) is 0 Å². The third kappa shape index (κ3) is 3.15. The molecule has 0 unspecified atom stereocenters. The van der Waals surface area contributed by atoms with E-state index in [-0.39, 0.29) is 6.03 Å². The molecule has 0 spiro atoms. The van der Waals surface area contributed by atoms with E-state index in [2.05, 4.69) is 5.32 Å². The third-order valence-corrected chi connectivity index (χ3v) is 2.89. The fraction of sp³-hybridized carbons (Fsp3) is 0.385. The first-order valence-electron chi connectivity index (χ1n) is 6.03. The highest BCUT2D eigenvalue weighted by Gasteiger charge is 2.18. The Morgan fingerprint density at radius 2 is 2.26 bits per heavy atom. The minimum absolute atomic E-state index is 0.0720. The molecule has 1 N–H and O–H groups in total. The quantitative estimate of drug-likeness (QED) is 0.775. The van der Waals surface area contributed by atoms with E-state index in [9.17, 15) is 9.59 Å². The van der Waals surface area contributed by atoms with Crippen molar-refractivity contribution in [3.8, 4) is 11.5 Å². The zero-order valence-corrected chi connectivity index (χ0v) is 10.7. The summed E-state index contributed by atoms with van der Waals surface area (Å²) in [5.74, 6) is 1.07. The maximum absolute atomic E-state index is 11.3. The van der Waals surface area contributed by atoms with E-state index in [1.54, 1.807) is 23.1 Å². The summed E-state index contributed by atoms with van der Waals surface area (Å²) < 4.78 is 10.7. The molecule has 1 heterocycles. The number of benzene rings is 1. The summed E-state index contributed by atoms with van der Waals surface area (Å²) in [7, 11) is 1.54. The smallest absolute Gasteiger partial charge is 0.317 e. The van der Waals surface area contributed by atoms with Crippen molar-refractivity contribution in [2.24, 2.45) is 0 Å². The summed E-state index contributed by atoms with van der Waals surface area (Å²) in [5, 5.41) is 2.72. The Morgan fingerprint density at radius 3 is 2.89 bits per heavy atom. The van der Waals surface area contributed by atoms with Gasteiger partial charge in [0.15, 0.2) is 11.5 Å². The number of amides is 2. The minimum Gasteiger partial charge on any atom is -0.493 e. The molecule has 0 aromatic heterocycles. The molecule has 2 amide bonds. The van der Waals surface area contributed by atoms with Crippen LogP contribution in [0.5, 0.6) is 11.5 Å². The molecule has 0 atom stereocenters. The van der Waals surface area contributed by atoms with Crippen molar-refractivity contribution >= 4 is 12.3 Å². The van der Waals surface area contributed by atoms with E-state index >= 15 is 0 Å². The lowest BCUT2D eigenvalue weighted by molar-refractivity contribution is 0.112. The highest BCUT2D eigenvalue weighted by molar-refractivity contribution is 5.76. The molecule has 2 rings (SSSR count). The van der Waals surface area contributed by atoms with Gasteiger partial charge in [-0.05, 0) is 18.2 Å². The number of aldehydes is 1. The number of carbonyl (C=O) groups is 2. The summed E-state index contributed by atoms with van der Waals surface area (Å²) in [6.45, 7) is 2.21. The van der Waals surface area contributed by atoms with Gasteiger partial charge in [-0.2, -0.15) is 0 Å². The van der Waals surface area contributed by atoms with Gasteiger partial charge in [0.2, 0.25) is 0 Å². The Kier molecular flexibility index (Phi) is 4.22. The number of urea groups is 1. The van der Waals surface area contributed by atoms with Gasteiger partial charge < -0.3 is 19.7 Å². The van der Waals surface area contributed by atoms with Crippen molar-refractivity contribution in [2.45, 2.75) is 0 Å². The van der Waals surface area contributed by atoms with Gasteiger partial charge in [0.1, 0.15) is 12.9 Å². The van der Waals surface area contributed by atoms with Crippen molar-refractivity contribution in [1.82, 2.24) is 10.2 Å². The van der Waals surface area contributed by atoms with Gasteiger partial charge in [-0.3, -0.25) is 4.79 Å². The number of nitrogens with zero attached hydrogens (tertiary/aromatic N) is 1. The predicted molar refractivity (Wildman–Crippen MR) is 68.8 cm³/mol. The Balaban J connectivity index is 1.94. The second-order valence-electron chi connectivity index (χ2n) is 4.10. The number of methoxy groups -OCH3 is 1. The number of carbonyl (C=O) groups excluding carboxylic acids is 2.